The van der Waals surface area contributed by atoms with E-state index >= 15 is 0 Å². The molecule has 1 aromatic heterocycles. The predicted molar refractivity (Wildman–Crippen MR) is 49.6 cm³/mol. The number of halogens is 1. The van der Waals surface area contributed by atoms with Crippen LogP contribution in [0, 0.1) is 5.82 Å². The first kappa shape index (κ1) is 9.45. The van der Waals surface area contributed by atoms with Gasteiger partial charge in [0.2, 0.25) is 5.82 Å². The number of benzene rings is 1. The van der Waals surface area contributed by atoms with Crippen molar-refractivity contribution in [3.8, 4) is 11.4 Å². The van der Waals surface area contributed by atoms with Gasteiger partial charge in [-0.2, -0.15) is 4.80 Å². The van der Waals surface area contributed by atoms with Gasteiger partial charge in [-0.15, -0.1) is 10.2 Å². The van der Waals surface area contributed by atoms with E-state index in [9.17, 15) is 9.18 Å². The predicted octanol–water partition coefficient (Wildman–Crippen LogP) is 0.829. The fraction of sp³-hybridized carbons (Fsp3) is 0.111. The van der Waals surface area contributed by atoms with Gasteiger partial charge in [0.1, 0.15) is 5.82 Å². The van der Waals surface area contributed by atoms with Gasteiger partial charge in [-0.05, 0) is 23.4 Å². The van der Waals surface area contributed by atoms with Crippen LogP contribution in [0.4, 0.5) is 4.39 Å². The van der Waals surface area contributed by atoms with Crippen LogP contribution in [0.25, 0.3) is 11.4 Å². The van der Waals surface area contributed by atoms with E-state index in [1.54, 1.807) is 7.05 Å². The Bertz CT molecular complexity index is 509. The molecule has 0 radical (unpaired) electrons. The molecule has 1 heterocycles. The zero-order valence-electron chi connectivity index (χ0n) is 7.88. The summed E-state index contributed by atoms with van der Waals surface area (Å²) in [6.07, 6.45) is 0.564. The number of nitrogens with zero attached hydrogens (tertiary/aromatic N) is 4. The van der Waals surface area contributed by atoms with E-state index in [1.165, 1.54) is 16.9 Å². The number of aldehydes is 1. The number of tetrazole rings is 1. The second kappa shape index (κ2) is 3.56. The quantitative estimate of drug-likeness (QED) is 0.683. The Morgan fingerprint density at radius 2 is 2.27 bits per heavy atom. The molecule has 0 unspecified atom stereocenters. The molecule has 76 valence electrons. The van der Waals surface area contributed by atoms with E-state index in [2.05, 4.69) is 15.4 Å². The van der Waals surface area contributed by atoms with Crippen LogP contribution in [-0.2, 0) is 7.05 Å². The topological polar surface area (TPSA) is 60.7 Å². The molecular formula is C9H7FN4O. The Hall–Kier alpha value is -2.11. The molecule has 0 saturated carbocycles. The maximum absolute atomic E-state index is 12.8. The maximum Gasteiger partial charge on any atom is 0.205 e. The van der Waals surface area contributed by atoms with Crippen molar-refractivity contribution < 1.29 is 9.18 Å². The second-order valence-electron chi connectivity index (χ2n) is 2.95. The summed E-state index contributed by atoms with van der Waals surface area (Å²) < 4.78 is 12.8. The number of hydrogen-bond donors (Lipinski definition) is 0. The Kier molecular flexibility index (Phi) is 2.24. The van der Waals surface area contributed by atoms with Crippen molar-refractivity contribution in [3.63, 3.8) is 0 Å². The van der Waals surface area contributed by atoms with Gasteiger partial charge >= 0.3 is 0 Å². The summed E-state index contributed by atoms with van der Waals surface area (Å²) in [5, 5.41) is 11.3. The lowest BCUT2D eigenvalue weighted by molar-refractivity contribution is 0.112. The first-order valence-corrected chi connectivity index (χ1v) is 4.20. The Morgan fingerprint density at radius 1 is 1.47 bits per heavy atom. The van der Waals surface area contributed by atoms with Crippen LogP contribution in [0.3, 0.4) is 0 Å². The largest absolute Gasteiger partial charge is 0.298 e. The molecule has 0 aliphatic heterocycles. The van der Waals surface area contributed by atoms with Crippen LogP contribution in [0.5, 0.6) is 0 Å². The van der Waals surface area contributed by atoms with E-state index in [0.717, 1.165) is 6.07 Å². The first-order chi connectivity index (χ1) is 7.20. The molecule has 0 bridgehead atoms. The second-order valence-corrected chi connectivity index (χ2v) is 2.95. The van der Waals surface area contributed by atoms with E-state index in [1.807, 2.05) is 0 Å². The Balaban J connectivity index is 2.57. The normalized spacial score (nSPS) is 10.3. The van der Waals surface area contributed by atoms with Gasteiger partial charge < -0.3 is 0 Å². The number of carbonyl (C=O) groups is 1. The lowest BCUT2D eigenvalue weighted by Gasteiger charge is -1.98. The molecule has 0 amide bonds. The van der Waals surface area contributed by atoms with Crippen molar-refractivity contribution in [2.75, 3.05) is 0 Å². The minimum atomic E-state index is -0.468. The van der Waals surface area contributed by atoms with Crippen molar-refractivity contribution in [2.24, 2.45) is 7.05 Å². The number of hydrogen-bond acceptors (Lipinski definition) is 4. The van der Waals surface area contributed by atoms with Gasteiger partial charge in [0.25, 0.3) is 0 Å². The molecule has 0 spiro atoms. The highest BCUT2D eigenvalue weighted by Crippen LogP contribution is 2.18. The maximum atomic E-state index is 12.8. The summed E-state index contributed by atoms with van der Waals surface area (Å²) in [5.74, 6) is -0.163. The van der Waals surface area contributed by atoms with E-state index in [0.29, 0.717) is 17.7 Å². The molecule has 0 atom stereocenters. The Labute approximate surface area is 84.5 Å². The first-order valence-electron chi connectivity index (χ1n) is 4.20. The molecule has 0 N–H and O–H groups in total. The molecule has 1 aromatic carbocycles. The fourth-order valence-corrected chi connectivity index (χ4v) is 1.23. The summed E-state index contributed by atoms with van der Waals surface area (Å²) in [6.45, 7) is 0. The molecular weight excluding hydrogens is 199 g/mol. The SMILES string of the molecule is Cn1nnc(-c2ccc(F)cc2C=O)n1. The summed E-state index contributed by atoms with van der Waals surface area (Å²) in [5.41, 5.74) is 0.683. The van der Waals surface area contributed by atoms with Crippen molar-refractivity contribution >= 4 is 6.29 Å². The molecule has 2 aromatic rings. The van der Waals surface area contributed by atoms with Crippen molar-refractivity contribution in [1.82, 2.24) is 20.2 Å². The highest BCUT2D eigenvalue weighted by atomic mass is 19.1. The molecule has 0 aliphatic rings. The smallest absolute Gasteiger partial charge is 0.205 e. The van der Waals surface area contributed by atoms with E-state index in [-0.39, 0.29) is 5.56 Å². The third-order valence-electron chi connectivity index (χ3n) is 1.89. The van der Waals surface area contributed by atoms with Gasteiger partial charge in [-0.1, -0.05) is 0 Å². The summed E-state index contributed by atoms with van der Waals surface area (Å²) in [4.78, 5) is 12.0. The average Bonchev–Trinajstić information content (AvgIpc) is 2.64. The zero-order chi connectivity index (χ0) is 10.8. The van der Waals surface area contributed by atoms with Crippen LogP contribution in [-0.4, -0.2) is 26.5 Å². The highest BCUT2D eigenvalue weighted by Gasteiger charge is 2.10. The lowest BCUT2D eigenvalue weighted by atomic mass is 10.1. The van der Waals surface area contributed by atoms with Crippen molar-refractivity contribution in [1.29, 1.82) is 0 Å². The fourth-order valence-electron chi connectivity index (χ4n) is 1.23. The number of carbonyl (C=O) groups excluding carboxylic acids is 1. The summed E-state index contributed by atoms with van der Waals surface area (Å²) in [6, 6.07) is 3.84. The highest BCUT2D eigenvalue weighted by molar-refractivity contribution is 5.85. The van der Waals surface area contributed by atoms with Gasteiger partial charge in [-0.25, -0.2) is 4.39 Å². The summed E-state index contributed by atoms with van der Waals surface area (Å²) in [7, 11) is 1.61. The van der Waals surface area contributed by atoms with Crippen LogP contribution < -0.4 is 0 Å². The molecule has 0 saturated heterocycles. The average molecular weight is 206 g/mol. The standard InChI is InChI=1S/C9H7FN4O/c1-14-12-9(11-13-14)8-3-2-7(10)4-6(8)5-15/h2-5H,1H3. The number of aryl methyl sites for hydroxylation is 1. The van der Waals surface area contributed by atoms with Gasteiger partial charge in [0, 0.05) is 11.1 Å². The lowest BCUT2D eigenvalue weighted by Crippen LogP contribution is -1.93. The molecule has 0 fully saturated rings. The molecule has 5 nitrogen and oxygen atoms in total. The third-order valence-corrected chi connectivity index (χ3v) is 1.89. The summed E-state index contributed by atoms with van der Waals surface area (Å²) >= 11 is 0. The number of aromatic nitrogens is 4. The third kappa shape index (κ3) is 1.74. The van der Waals surface area contributed by atoms with E-state index < -0.39 is 5.82 Å². The van der Waals surface area contributed by atoms with E-state index in [4.69, 9.17) is 0 Å². The van der Waals surface area contributed by atoms with Gasteiger partial charge in [0.05, 0.1) is 7.05 Å². The molecule has 15 heavy (non-hydrogen) atoms. The zero-order valence-corrected chi connectivity index (χ0v) is 7.88. The minimum Gasteiger partial charge on any atom is -0.298 e. The Morgan fingerprint density at radius 3 is 2.87 bits per heavy atom. The minimum absolute atomic E-state index is 0.211. The van der Waals surface area contributed by atoms with Gasteiger partial charge in [0.15, 0.2) is 6.29 Å². The van der Waals surface area contributed by atoms with Crippen molar-refractivity contribution in [2.45, 2.75) is 0 Å². The van der Waals surface area contributed by atoms with Crippen LogP contribution in [0.2, 0.25) is 0 Å². The molecule has 2 rings (SSSR count). The monoisotopic (exact) mass is 206 g/mol. The van der Waals surface area contributed by atoms with Crippen LogP contribution in [0.1, 0.15) is 10.4 Å². The molecule has 6 heteroatoms. The van der Waals surface area contributed by atoms with Crippen LogP contribution >= 0.6 is 0 Å². The van der Waals surface area contributed by atoms with Crippen LogP contribution in [0.15, 0.2) is 18.2 Å². The molecule has 0 aliphatic carbocycles. The number of rotatable bonds is 2. The van der Waals surface area contributed by atoms with Crippen molar-refractivity contribution in [3.05, 3.63) is 29.6 Å². The van der Waals surface area contributed by atoms with Gasteiger partial charge in [-0.3, -0.25) is 4.79 Å².